The van der Waals surface area contributed by atoms with Crippen LogP contribution in [-0.2, 0) is 16.0 Å². The fraction of sp³-hybridized carbons (Fsp3) is 0.833. The molecule has 3 heterocycles. The summed E-state index contributed by atoms with van der Waals surface area (Å²) in [6, 6.07) is 0. The van der Waals surface area contributed by atoms with Gasteiger partial charge in [0.25, 0.3) is 0 Å². The number of hydrogen-bond acceptors (Lipinski definition) is 5. The number of hydrogen-bond donors (Lipinski definition) is 0. The molecule has 3 aliphatic rings. The molecule has 0 aromatic carbocycles. The zero-order valence-electron chi connectivity index (χ0n) is 14.3. The molecule has 1 saturated carbocycles. The van der Waals surface area contributed by atoms with Gasteiger partial charge in [-0.2, -0.15) is 0 Å². The van der Waals surface area contributed by atoms with E-state index in [-0.39, 0.29) is 5.41 Å². The first-order valence-electron chi connectivity index (χ1n) is 8.96. The van der Waals surface area contributed by atoms with Gasteiger partial charge in [-0.25, -0.2) is 0 Å². The van der Waals surface area contributed by atoms with Gasteiger partial charge in [-0.05, 0) is 32.6 Å². The van der Waals surface area contributed by atoms with Crippen molar-refractivity contribution in [1.82, 2.24) is 10.1 Å². The highest BCUT2D eigenvalue weighted by molar-refractivity contribution is 5.21. The average Bonchev–Trinajstić information content (AvgIpc) is 3.10. The Hall–Kier alpha value is -0.910. The van der Waals surface area contributed by atoms with Crippen LogP contribution in [-0.4, -0.2) is 49.6 Å². The van der Waals surface area contributed by atoms with Crippen molar-refractivity contribution in [2.45, 2.75) is 39.7 Å². The van der Waals surface area contributed by atoms with E-state index in [0.29, 0.717) is 5.92 Å². The number of nitrogens with zero attached hydrogens (tertiary/aromatic N) is 2. The van der Waals surface area contributed by atoms with Crippen molar-refractivity contribution in [3.63, 3.8) is 0 Å². The summed E-state index contributed by atoms with van der Waals surface area (Å²) < 4.78 is 17.2. The van der Waals surface area contributed by atoms with Crippen molar-refractivity contribution in [2.75, 3.05) is 39.5 Å². The molecule has 0 unspecified atom stereocenters. The number of rotatable bonds is 6. The van der Waals surface area contributed by atoms with Crippen LogP contribution in [0.5, 0.6) is 0 Å². The first kappa shape index (κ1) is 15.6. The Bertz CT molecular complexity index is 535. The minimum atomic E-state index is 0.197. The maximum absolute atomic E-state index is 6.12. The monoisotopic (exact) mass is 320 g/mol. The lowest BCUT2D eigenvalue weighted by molar-refractivity contribution is -0.000872. The number of ether oxygens (including phenoxy) is 2. The fourth-order valence-corrected chi connectivity index (χ4v) is 4.31. The second-order valence-corrected chi connectivity index (χ2v) is 7.86. The Kier molecular flexibility index (Phi) is 4.20. The van der Waals surface area contributed by atoms with Crippen LogP contribution in [0, 0.1) is 31.1 Å². The molecule has 1 aromatic rings. The summed E-state index contributed by atoms with van der Waals surface area (Å²) in [6.45, 7) is 10.7. The second kappa shape index (κ2) is 6.19. The topological polar surface area (TPSA) is 47.7 Å². The van der Waals surface area contributed by atoms with Crippen LogP contribution in [0.4, 0.5) is 0 Å². The molecule has 5 nitrogen and oxygen atoms in total. The van der Waals surface area contributed by atoms with Crippen LogP contribution in [0.3, 0.4) is 0 Å². The molecule has 3 fully saturated rings. The largest absolute Gasteiger partial charge is 0.380 e. The second-order valence-electron chi connectivity index (χ2n) is 7.86. The third-order valence-corrected chi connectivity index (χ3v) is 6.12. The van der Waals surface area contributed by atoms with Crippen molar-refractivity contribution in [1.29, 1.82) is 0 Å². The van der Waals surface area contributed by atoms with Crippen molar-refractivity contribution in [3.8, 4) is 0 Å². The summed E-state index contributed by atoms with van der Waals surface area (Å²) in [7, 11) is 0. The van der Waals surface area contributed by atoms with E-state index in [9.17, 15) is 0 Å². The van der Waals surface area contributed by atoms with E-state index in [2.05, 4.69) is 10.1 Å². The minimum Gasteiger partial charge on any atom is -0.380 e. The Balaban J connectivity index is 1.37. The van der Waals surface area contributed by atoms with E-state index in [4.69, 9.17) is 14.0 Å². The highest BCUT2D eigenvalue weighted by Crippen LogP contribution is 2.42. The summed E-state index contributed by atoms with van der Waals surface area (Å²) in [6.07, 6.45) is 4.09. The number of aryl methyl sites for hydroxylation is 2. The number of likely N-dealkylation sites (tertiary alicyclic amines) is 1. The van der Waals surface area contributed by atoms with E-state index < -0.39 is 0 Å². The SMILES string of the molecule is Cc1noc(C)c1CN1C[C@@H]2COC[C@]2(COCC2CCC2)C1. The van der Waals surface area contributed by atoms with Gasteiger partial charge >= 0.3 is 0 Å². The van der Waals surface area contributed by atoms with E-state index in [0.717, 1.165) is 63.4 Å². The molecule has 23 heavy (non-hydrogen) atoms. The van der Waals surface area contributed by atoms with Crippen LogP contribution >= 0.6 is 0 Å². The van der Waals surface area contributed by atoms with Gasteiger partial charge in [-0.15, -0.1) is 0 Å². The Labute approximate surface area is 138 Å². The normalized spacial score (nSPS) is 31.5. The quantitative estimate of drug-likeness (QED) is 0.806. The van der Waals surface area contributed by atoms with Crippen molar-refractivity contribution < 1.29 is 14.0 Å². The molecule has 5 heteroatoms. The zero-order chi connectivity index (χ0) is 15.9. The maximum atomic E-state index is 6.12. The van der Waals surface area contributed by atoms with Gasteiger partial charge in [0.05, 0.1) is 25.5 Å². The van der Waals surface area contributed by atoms with Gasteiger partial charge < -0.3 is 14.0 Å². The van der Waals surface area contributed by atoms with Gasteiger partial charge in [0.15, 0.2) is 0 Å². The van der Waals surface area contributed by atoms with Crippen molar-refractivity contribution in [2.24, 2.45) is 17.3 Å². The summed E-state index contributed by atoms with van der Waals surface area (Å²) in [5.74, 6) is 2.36. The molecule has 2 aliphatic heterocycles. The van der Waals surface area contributed by atoms with E-state index in [1.807, 2.05) is 13.8 Å². The highest BCUT2D eigenvalue weighted by Gasteiger charge is 2.50. The smallest absolute Gasteiger partial charge is 0.138 e. The van der Waals surface area contributed by atoms with Crippen LogP contribution < -0.4 is 0 Å². The predicted octanol–water partition coefficient (Wildman–Crippen LogP) is 2.56. The van der Waals surface area contributed by atoms with E-state index in [1.54, 1.807) is 0 Å². The van der Waals surface area contributed by atoms with Gasteiger partial charge in [0, 0.05) is 43.1 Å². The fourth-order valence-electron chi connectivity index (χ4n) is 4.31. The summed E-state index contributed by atoms with van der Waals surface area (Å²) >= 11 is 0. The van der Waals surface area contributed by atoms with Crippen LogP contribution in [0.2, 0.25) is 0 Å². The highest BCUT2D eigenvalue weighted by atomic mass is 16.5. The number of fused-ring (bicyclic) bond motifs is 1. The summed E-state index contributed by atoms with van der Waals surface area (Å²) in [5.41, 5.74) is 2.46. The molecule has 0 radical (unpaired) electrons. The zero-order valence-corrected chi connectivity index (χ0v) is 14.3. The molecule has 128 valence electrons. The molecule has 1 aromatic heterocycles. The van der Waals surface area contributed by atoms with Crippen LogP contribution in [0.25, 0.3) is 0 Å². The molecular formula is C18H28N2O3. The van der Waals surface area contributed by atoms with Crippen LogP contribution in [0.1, 0.15) is 36.3 Å². The molecule has 2 saturated heterocycles. The van der Waals surface area contributed by atoms with Gasteiger partial charge in [0.2, 0.25) is 0 Å². The molecule has 0 N–H and O–H groups in total. The van der Waals surface area contributed by atoms with Gasteiger partial charge in [-0.3, -0.25) is 4.90 Å². The summed E-state index contributed by atoms with van der Waals surface area (Å²) in [5, 5.41) is 4.08. The lowest BCUT2D eigenvalue weighted by Crippen LogP contribution is -2.36. The Morgan fingerprint density at radius 2 is 2.22 bits per heavy atom. The molecule has 4 rings (SSSR count). The molecule has 2 atom stereocenters. The Morgan fingerprint density at radius 1 is 1.35 bits per heavy atom. The molecule has 1 aliphatic carbocycles. The molecular weight excluding hydrogens is 292 g/mol. The van der Waals surface area contributed by atoms with Gasteiger partial charge in [0.1, 0.15) is 5.76 Å². The third kappa shape index (κ3) is 2.94. The summed E-state index contributed by atoms with van der Waals surface area (Å²) in [4.78, 5) is 2.53. The molecule has 0 amide bonds. The first-order chi connectivity index (χ1) is 11.2. The average molecular weight is 320 g/mol. The van der Waals surface area contributed by atoms with Crippen molar-refractivity contribution in [3.05, 3.63) is 17.0 Å². The minimum absolute atomic E-state index is 0.197. The van der Waals surface area contributed by atoms with Crippen molar-refractivity contribution >= 4 is 0 Å². The van der Waals surface area contributed by atoms with Gasteiger partial charge in [-0.1, -0.05) is 11.6 Å². The number of aromatic nitrogens is 1. The lowest BCUT2D eigenvalue weighted by atomic mass is 9.81. The lowest BCUT2D eigenvalue weighted by Gasteiger charge is -2.30. The first-order valence-corrected chi connectivity index (χ1v) is 8.96. The predicted molar refractivity (Wildman–Crippen MR) is 86.2 cm³/mol. The maximum Gasteiger partial charge on any atom is 0.138 e. The molecule has 0 bridgehead atoms. The van der Waals surface area contributed by atoms with Crippen LogP contribution in [0.15, 0.2) is 4.52 Å². The van der Waals surface area contributed by atoms with E-state index in [1.165, 1.54) is 24.8 Å². The third-order valence-electron chi connectivity index (χ3n) is 6.12. The van der Waals surface area contributed by atoms with E-state index >= 15 is 0 Å². The Morgan fingerprint density at radius 3 is 2.91 bits per heavy atom. The standard InChI is InChI=1S/C18H28N2O3/c1-13-17(14(2)23-19-13)7-20-6-16-9-22-12-18(16,10-20)11-21-8-15-4-3-5-15/h15-16H,3-12H2,1-2H3/t16-,18-/m1/s1. The molecule has 0 spiro atoms.